The Bertz CT molecular complexity index is 1080. The Morgan fingerprint density at radius 1 is 0.675 bits per heavy atom. The molecule has 0 aliphatic heterocycles. The van der Waals surface area contributed by atoms with Crippen LogP contribution < -0.4 is 9.47 Å². The fourth-order valence-corrected chi connectivity index (χ4v) is 3.39. The number of rotatable bonds is 15. The zero-order chi connectivity index (χ0) is 30.4. The third kappa shape index (κ3) is 7.92. The Hall–Kier alpha value is -2.75. The van der Waals surface area contributed by atoms with Crippen molar-refractivity contribution < 1.29 is 69.4 Å². The van der Waals surface area contributed by atoms with E-state index in [1.807, 2.05) is 0 Å². The summed E-state index contributed by atoms with van der Waals surface area (Å²) in [6, 6.07) is 10.3. The van der Waals surface area contributed by atoms with Gasteiger partial charge in [-0.1, -0.05) is 18.2 Å². The lowest BCUT2D eigenvalue weighted by atomic mass is 9.95. The first-order chi connectivity index (χ1) is 18.5. The van der Waals surface area contributed by atoms with Gasteiger partial charge in [0.1, 0.15) is 36.9 Å². The molecule has 0 aromatic heterocycles. The second kappa shape index (κ2) is 13.3. The predicted molar refractivity (Wildman–Crippen MR) is 123 cm³/mol. The van der Waals surface area contributed by atoms with Gasteiger partial charge in [0.15, 0.2) is 0 Å². The lowest BCUT2D eigenvalue weighted by molar-refractivity contribution is -0.396. The van der Waals surface area contributed by atoms with Gasteiger partial charge in [0, 0.05) is 6.42 Å². The van der Waals surface area contributed by atoms with Crippen LogP contribution in [0.1, 0.15) is 18.4 Å². The lowest BCUT2D eigenvalue weighted by Gasteiger charge is -2.33. The molecule has 2 aromatic carbocycles. The van der Waals surface area contributed by atoms with E-state index in [1.165, 1.54) is 30.3 Å². The van der Waals surface area contributed by atoms with E-state index in [0.717, 1.165) is 0 Å². The second-order valence-corrected chi connectivity index (χ2v) is 8.85. The summed E-state index contributed by atoms with van der Waals surface area (Å²) in [5.74, 6) is -19.1. The maximum absolute atomic E-state index is 14.0. The van der Waals surface area contributed by atoms with Crippen molar-refractivity contribution in [1.29, 1.82) is 0 Å². The third-order valence-electron chi connectivity index (χ3n) is 5.69. The highest BCUT2D eigenvalue weighted by atomic mass is 19.4. The Morgan fingerprint density at radius 2 is 1.20 bits per heavy atom. The largest absolute Gasteiger partial charge is 0.491 e. The Morgan fingerprint density at radius 3 is 1.73 bits per heavy atom. The Labute approximate surface area is 222 Å². The highest BCUT2D eigenvalue weighted by Crippen LogP contribution is 2.54. The van der Waals surface area contributed by atoms with Gasteiger partial charge in [0.05, 0.1) is 13.2 Å². The molecule has 2 atom stereocenters. The van der Waals surface area contributed by atoms with E-state index in [9.17, 15) is 49.7 Å². The van der Waals surface area contributed by atoms with Crippen molar-refractivity contribution in [2.75, 3.05) is 26.4 Å². The first-order valence-corrected chi connectivity index (χ1v) is 11.7. The minimum atomic E-state index is -6.97. The van der Waals surface area contributed by atoms with Crippen molar-refractivity contribution in [3.8, 4) is 22.6 Å². The van der Waals surface area contributed by atoms with Crippen molar-refractivity contribution in [2.45, 2.75) is 55.4 Å². The summed E-state index contributed by atoms with van der Waals surface area (Å²) in [7, 11) is 0. The summed E-state index contributed by atoms with van der Waals surface area (Å²) in [5, 5.41) is 36.6. The van der Waals surface area contributed by atoms with Crippen LogP contribution in [-0.2, 0) is 6.42 Å². The van der Waals surface area contributed by atoms with E-state index in [2.05, 4.69) is 0 Å². The van der Waals surface area contributed by atoms with E-state index < -0.39 is 75.2 Å². The quantitative estimate of drug-likeness (QED) is 0.225. The van der Waals surface area contributed by atoms with Gasteiger partial charge in [0.2, 0.25) is 0 Å². The monoisotopic (exact) mass is 594 g/mol. The summed E-state index contributed by atoms with van der Waals surface area (Å²) in [6.07, 6.45) is -12.8. The number of aliphatic hydroxyl groups is 4. The van der Waals surface area contributed by atoms with E-state index in [4.69, 9.17) is 19.7 Å². The summed E-state index contributed by atoms with van der Waals surface area (Å²) in [6.45, 7) is -1.85. The minimum absolute atomic E-state index is 0.0371. The number of halogens is 9. The number of ether oxygens (including phenoxy) is 2. The molecule has 40 heavy (non-hydrogen) atoms. The van der Waals surface area contributed by atoms with E-state index >= 15 is 0 Å². The molecule has 0 fully saturated rings. The van der Waals surface area contributed by atoms with Crippen LogP contribution in [0.2, 0.25) is 0 Å². The van der Waals surface area contributed by atoms with Crippen LogP contribution in [0.5, 0.6) is 11.5 Å². The van der Waals surface area contributed by atoms with E-state index in [0.29, 0.717) is 16.9 Å². The van der Waals surface area contributed by atoms with Crippen LogP contribution in [0.3, 0.4) is 0 Å². The standard InChI is InChI=1S/C25H27F9O6/c26-22(27,23(28,29)24(30,31)25(32,33)34)9-1-2-17-10-16(5-8-21(17)40-14-19(38)12-36)15-3-6-20(7-4-15)39-13-18(37)11-35/h3-8,10,18-19,35-38H,1-2,9,11-14H2. The molecule has 0 saturated heterocycles. The van der Waals surface area contributed by atoms with Crippen LogP contribution in [-0.4, -0.2) is 83.0 Å². The van der Waals surface area contributed by atoms with Crippen LogP contribution in [0.15, 0.2) is 42.5 Å². The summed E-state index contributed by atoms with van der Waals surface area (Å²) < 4.78 is 129. The topological polar surface area (TPSA) is 99.4 Å². The van der Waals surface area contributed by atoms with Crippen molar-refractivity contribution in [1.82, 2.24) is 0 Å². The number of hydrogen-bond donors (Lipinski definition) is 4. The smallest absolute Gasteiger partial charge is 0.460 e. The van der Waals surface area contributed by atoms with Gasteiger partial charge >= 0.3 is 23.9 Å². The molecule has 2 unspecified atom stereocenters. The van der Waals surface area contributed by atoms with Crippen LogP contribution in [0.25, 0.3) is 11.1 Å². The molecular formula is C25H27F9O6. The van der Waals surface area contributed by atoms with E-state index in [-0.39, 0.29) is 17.9 Å². The predicted octanol–water partition coefficient (Wildman–Crippen LogP) is 4.61. The highest BCUT2D eigenvalue weighted by molar-refractivity contribution is 5.66. The number of aryl methyl sites for hydroxylation is 1. The van der Waals surface area contributed by atoms with Gasteiger partial charge in [-0.15, -0.1) is 0 Å². The zero-order valence-electron chi connectivity index (χ0n) is 20.7. The minimum Gasteiger partial charge on any atom is -0.491 e. The van der Waals surface area contributed by atoms with Crippen LogP contribution >= 0.6 is 0 Å². The molecule has 0 saturated carbocycles. The van der Waals surface area contributed by atoms with Crippen molar-refractivity contribution in [3.63, 3.8) is 0 Å². The lowest BCUT2D eigenvalue weighted by Crippen LogP contribution is -2.60. The fourth-order valence-electron chi connectivity index (χ4n) is 3.39. The second-order valence-electron chi connectivity index (χ2n) is 8.85. The maximum Gasteiger partial charge on any atom is 0.460 e. The Kier molecular flexibility index (Phi) is 11.1. The molecular weight excluding hydrogens is 567 g/mol. The van der Waals surface area contributed by atoms with Gasteiger partial charge in [-0.25, -0.2) is 0 Å². The molecule has 2 rings (SSSR count). The number of aliphatic hydroxyl groups excluding tert-OH is 4. The highest BCUT2D eigenvalue weighted by Gasteiger charge is 2.81. The number of alkyl halides is 9. The summed E-state index contributed by atoms with van der Waals surface area (Å²) >= 11 is 0. The van der Waals surface area contributed by atoms with Gasteiger partial charge in [-0.05, 0) is 53.8 Å². The van der Waals surface area contributed by atoms with Crippen molar-refractivity contribution >= 4 is 0 Å². The van der Waals surface area contributed by atoms with Crippen LogP contribution in [0.4, 0.5) is 39.5 Å². The maximum atomic E-state index is 14.0. The first-order valence-electron chi connectivity index (χ1n) is 11.7. The molecule has 0 aliphatic rings. The SMILES string of the molecule is OCC(O)COc1ccc(-c2ccc(OCC(O)CO)c(CCCC(F)(F)C(F)(F)C(F)(F)C(F)(F)F)c2)cc1. The van der Waals surface area contributed by atoms with Gasteiger partial charge < -0.3 is 29.9 Å². The molecule has 6 nitrogen and oxygen atoms in total. The summed E-state index contributed by atoms with van der Waals surface area (Å²) in [4.78, 5) is 0. The molecule has 2 aromatic rings. The molecule has 0 heterocycles. The number of hydrogen-bond acceptors (Lipinski definition) is 6. The molecule has 0 bridgehead atoms. The van der Waals surface area contributed by atoms with Gasteiger partial charge in [-0.3, -0.25) is 0 Å². The molecule has 0 spiro atoms. The van der Waals surface area contributed by atoms with Gasteiger partial charge in [-0.2, -0.15) is 39.5 Å². The third-order valence-corrected chi connectivity index (χ3v) is 5.69. The molecule has 4 N–H and O–H groups in total. The van der Waals surface area contributed by atoms with Crippen LogP contribution in [0, 0.1) is 0 Å². The molecule has 0 aliphatic carbocycles. The molecule has 226 valence electrons. The summed E-state index contributed by atoms with van der Waals surface area (Å²) in [5.41, 5.74) is 1.04. The average molecular weight is 594 g/mol. The molecule has 0 radical (unpaired) electrons. The fraction of sp³-hybridized carbons (Fsp3) is 0.520. The van der Waals surface area contributed by atoms with E-state index in [1.54, 1.807) is 12.1 Å². The van der Waals surface area contributed by atoms with Gasteiger partial charge in [0.25, 0.3) is 0 Å². The zero-order valence-corrected chi connectivity index (χ0v) is 20.7. The average Bonchev–Trinajstić information content (AvgIpc) is 2.89. The molecule has 15 heteroatoms. The first kappa shape index (κ1) is 33.5. The number of benzene rings is 2. The molecule has 0 amide bonds. The normalized spacial score (nSPS) is 14.6. The van der Waals surface area contributed by atoms with Crippen molar-refractivity contribution in [2.24, 2.45) is 0 Å². The Balaban J connectivity index is 2.26. The van der Waals surface area contributed by atoms with Crippen molar-refractivity contribution in [3.05, 3.63) is 48.0 Å².